The summed E-state index contributed by atoms with van der Waals surface area (Å²) in [5, 5.41) is 0. The average Bonchev–Trinajstić information content (AvgIpc) is 3.06. The van der Waals surface area contributed by atoms with Crippen LogP contribution in [0.2, 0.25) is 0 Å². The number of benzene rings is 1. The highest BCUT2D eigenvalue weighted by atomic mass is 19.4. The molecule has 4 aliphatic rings. The molecule has 4 nitrogen and oxygen atoms in total. The normalized spacial score (nSPS) is 35.2. The van der Waals surface area contributed by atoms with Crippen LogP contribution in [0.1, 0.15) is 44.6 Å². The van der Waals surface area contributed by atoms with Crippen molar-refractivity contribution < 1.29 is 22.7 Å². The molecule has 4 fully saturated rings. The van der Waals surface area contributed by atoms with Crippen LogP contribution in [0.3, 0.4) is 0 Å². The van der Waals surface area contributed by atoms with Gasteiger partial charge in [0.15, 0.2) is 0 Å². The summed E-state index contributed by atoms with van der Waals surface area (Å²) in [5.41, 5.74) is 1.53. The lowest BCUT2D eigenvalue weighted by Gasteiger charge is -2.50. The smallest absolute Gasteiger partial charge is 0.416 e. The molecule has 33 heavy (non-hydrogen) atoms. The zero-order valence-corrected chi connectivity index (χ0v) is 19.2. The van der Waals surface area contributed by atoms with Crippen molar-refractivity contribution in [2.24, 2.45) is 23.2 Å². The van der Waals surface area contributed by atoms with Crippen LogP contribution in [-0.4, -0.2) is 49.7 Å². The highest BCUT2D eigenvalue weighted by molar-refractivity contribution is 5.75. The molecule has 2 aliphatic carbocycles. The Morgan fingerprint density at radius 2 is 1.97 bits per heavy atom. The first-order valence-electron chi connectivity index (χ1n) is 12.2. The van der Waals surface area contributed by atoms with E-state index in [2.05, 4.69) is 18.4 Å². The zero-order chi connectivity index (χ0) is 23.4. The van der Waals surface area contributed by atoms with Gasteiger partial charge in [-0.2, -0.15) is 13.2 Å². The van der Waals surface area contributed by atoms with Gasteiger partial charge in [-0.1, -0.05) is 25.1 Å². The number of ether oxygens (including phenoxy) is 1. The Morgan fingerprint density at radius 1 is 1.21 bits per heavy atom. The molecule has 1 aromatic rings. The number of hydrogen-bond acceptors (Lipinski definition) is 4. The number of piperazine rings is 1. The topological polar surface area (TPSA) is 32.8 Å². The van der Waals surface area contributed by atoms with Gasteiger partial charge < -0.3 is 9.64 Å². The van der Waals surface area contributed by atoms with E-state index in [1.165, 1.54) is 30.5 Å². The van der Waals surface area contributed by atoms with E-state index in [1.54, 1.807) is 6.07 Å². The van der Waals surface area contributed by atoms with Crippen molar-refractivity contribution in [2.45, 2.75) is 51.3 Å². The van der Waals surface area contributed by atoms with Crippen molar-refractivity contribution >= 4 is 11.7 Å². The number of fused-ring (bicyclic) bond motifs is 2. The van der Waals surface area contributed by atoms with Crippen LogP contribution in [0, 0.1) is 23.2 Å². The molecule has 2 saturated carbocycles. The second-order valence-corrected chi connectivity index (χ2v) is 10.7. The molecule has 5 atom stereocenters. The Labute approximate surface area is 193 Å². The van der Waals surface area contributed by atoms with Gasteiger partial charge in [-0.05, 0) is 61.6 Å². The molecular weight excluding hydrogens is 429 g/mol. The number of rotatable bonds is 3. The quantitative estimate of drug-likeness (QED) is 0.460. The number of alkyl halides is 3. The van der Waals surface area contributed by atoms with E-state index in [-0.39, 0.29) is 29.3 Å². The molecule has 2 saturated heterocycles. The fraction of sp³-hybridized carbons (Fsp3) is 0.654. The standard InChI is InChI=1S/C26H33F3N2O2/c1-17-5-4-8-25(2)15-23-20(14-22(17)25)21(24(32)33-23)16-30-9-11-31(12-10-30)19-7-3-6-18(13-19)26(27,28)29/h3,6-7,13,20-23H,1,4-5,8-12,14-16H2,2H3/t20-,21-,22-,23-,25+/m1/s1. The Balaban J connectivity index is 1.21. The minimum absolute atomic E-state index is 0.0149. The fourth-order valence-corrected chi connectivity index (χ4v) is 6.81. The van der Waals surface area contributed by atoms with E-state index in [4.69, 9.17) is 4.74 Å². The van der Waals surface area contributed by atoms with E-state index in [9.17, 15) is 18.0 Å². The minimum Gasteiger partial charge on any atom is -0.462 e. The van der Waals surface area contributed by atoms with Gasteiger partial charge in [-0.25, -0.2) is 0 Å². The van der Waals surface area contributed by atoms with Crippen LogP contribution >= 0.6 is 0 Å². The van der Waals surface area contributed by atoms with Crippen LogP contribution in [0.25, 0.3) is 0 Å². The van der Waals surface area contributed by atoms with Gasteiger partial charge in [0.05, 0.1) is 11.5 Å². The Hall–Kier alpha value is -2.02. The van der Waals surface area contributed by atoms with Crippen molar-refractivity contribution in [1.29, 1.82) is 0 Å². The summed E-state index contributed by atoms with van der Waals surface area (Å²) in [5.74, 6) is 0.529. The number of carbonyl (C=O) groups is 1. The lowest BCUT2D eigenvalue weighted by molar-refractivity contribution is -0.146. The van der Waals surface area contributed by atoms with Crippen LogP contribution in [0.15, 0.2) is 36.4 Å². The number of halogens is 3. The Morgan fingerprint density at radius 3 is 2.70 bits per heavy atom. The molecule has 2 aliphatic heterocycles. The molecule has 0 radical (unpaired) electrons. The fourth-order valence-electron chi connectivity index (χ4n) is 6.81. The largest absolute Gasteiger partial charge is 0.462 e. The lowest BCUT2D eigenvalue weighted by Crippen LogP contribution is -2.50. The molecule has 1 aromatic carbocycles. The first kappa shape index (κ1) is 22.8. The van der Waals surface area contributed by atoms with E-state index >= 15 is 0 Å². The monoisotopic (exact) mass is 462 g/mol. The van der Waals surface area contributed by atoms with E-state index in [1.807, 2.05) is 4.90 Å². The Bertz CT molecular complexity index is 924. The SMILES string of the molecule is C=C1CCC[C@@]2(C)C[C@H]3OC(=O)[C@H](CN4CCN(c5cccc(C(F)(F)F)c5)CC4)[C@H]3C[C@H]12. The number of hydrogen-bond donors (Lipinski definition) is 0. The van der Waals surface area contributed by atoms with E-state index in [0.29, 0.717) is 31.2 Å². The molecular formula is C26H33F3N2O2. The van der Waals surface area contributed by atoms with Crippen LogP contribution in [0.5, 0.6) is 0 Å². The molecule has 5 rings (SSSR count). The lowest BCUT2D eigenvalue weighted by atomic mass is 9.55. The Kier molecular flexibility index (Phi) is 5.74. The summed E-state index contributed by atoms with van der Waals surface area (Å²) in [7, 11) is 0. The zero-order valence-electron chi connectivity index (χ0n) is 19.2. The van der Waals surface area contributed by atoms with Gasteiger partial charge in [0, 0.05) is 44.3 Å². The summed E-state index contributed by atoms with van der Waals surface area (Å²) >= 11 is 0. The third kappa shape index (κ3) is 4.29. The molecule has 0 bridgehead atoms. The van der Waals surface area contributed by atoms with Gasteiger partial charge in [-0.3, -0.25) is 9.69 Å². The van der Waals surface area contributed by atoms with Crippen LogP contribution < -0.4 is 4.90 Å². The number of nitrogens with zero attached hydrogens (tertiary/aromatic N) is 2. The molecule has 0 amide bonds. The maximum absolute atomic E-state index is 13.1. The minimum atomic E-state index is -4.34. The summed E-state index contributed by atoms with van der Waals surface area (Å²) in [6.45, 7) is 10.1. The van der Waals surface area contributed by atoms with Gasteiger partial charge in [-0.15, -0.1) is 0 Å². The number of esters is 1. The molecule has 0 spiro atoms. The van der Waals surface area contributed by atoms with E-state index < -0.39 is 11.7 Å². The van der Waals surface area contributed by atoms with Crippen LogP contribution in [0.4, 0.5) is 18.9 Å². The van der Waals surface area contributed by atoms with Gasteiger partial charge in [0.2, 0.25) is 0 Å². The predicted molar refractivity (Wildman–Crippen MR) is 121 cm³/mol. The van der Waals surface area contributed by atoms with Crippen molar-refractivity contribution in [1.82, 2.24) is 4.90 Å². The maximum Gasteiger partial charge on any atom is 0.416 e. The summed E-state index contributed by atoms with van der Waals surface area (Å²) < 4.78 is 45.1. The van der Waals surface area contributed by atoms with Gasteiger partial charge in [0.1, 0.15) is 6.10 Å². The highest BCUT2D eigenvalue weighted by Crippen LogP contribution is 2.57. The average molecular weight is 463 g/mol. The molecule has 0 N–H and O–H groups in total. The molecule has 0 aromatic heterocycles. The predicted octanol–water partition coefficient (Wildman–Crippen LogP) is 5.14. The third-order valence-electron chi connectivity index (χ3n) is 8.69. The summed E-state index contributed by atoms with van der Waals surface area (Å²) in [6.07, 6.45) is 1.05. The second-order valence-electron chi connectivity index (χ2n) is 10.7. The van der Waals surface area contributed by atoms with Gasteiger partial charge >= 0.3 is 12.1 Å². The van der Waals surface area contributed by atoms with Gasteiger partial charge in [0.25, 0.3) is 0 Å². The number of allylic oxidation sites excluding steroid dienone is 1. The van der Waals surface area contributed by atoms with Crippen molar-refractivity contribution in [2.75, 3.05) is 37.6 Å². The summed E-state index contributed by atoms with van der Waals surface area (Å²) in [6, 6.07) is 5.54. The molecule has 180 valence electrons. The van der Waals surface area contributed by atoms with Crippen LogP contribution in [-0.2, 0) is 15.7 Å². The third-order valence-corrected chi connectivity index (χ3v) is 8.69. The molecule has 0 unspecified atom stereocenters. The summed E-state index contributed by atoms with van der Waals surface area (Å²) in [4.78, 5) is 17.1. The highest BCUT2D eigenvalue weighted by Gasteiger charge is 2.55. The van der Waals surface area contributed by atoms with Crippen molar-refractivity contribution in [3.63, 3.8) is 0 Å². The molecule has 2 heterocycles. The molecule has 7 heteroatoms. The van der Waals surface area contributed by atoms with Crippen molar-refractivity contribution in [3.8, 4) is 0 Å². The van der Waals surface area contributed by atoms with Crippen molar-refractivity contribution in [3.05, 3.63) is 42.0 Å². The first-order valence-corrected chi connectivity index (χ1v) is 12.2. The number of anilines is 1. The second kappa shape index (κ2) is 8.33. The number of carbonyl (C=O) groups excluding carboxylic acids is 1. The maximum atomic E-state index is 13.1. The van der Waals surface area contributed by atoms with E-state index in [0.717, 1.165) is 38.4 Å². The first-order chi connectivity index (χ1) is 15.6.